The summed E-state index contributed by atoms with van der Waals surface area (Å²) in [7, 11) is -2.19. The molecule has 0 amide bonds. The van der Waals surface area contributed by atoms with Crippen LogP contribution < -0.4 is 9.44 Å². The molecule has 8 heteroatoms. The van der Waals surface area contributed by atoms with Crippen molar-refractivity contribution >= 4 is 16.2 Å². The lowest BCUT2D eigenvalue weighted by Crippen LogP contribution is -2.43. The molecule has 0 rings (SSSR count). The van der Waals surface area contributed by atoms with E-state index in [1.807, 2.05) is 0 Å². The van der Waals surface area contributed by atoms with Crippen LogP contribution in [-0.2, 0) is 19.7 Å². The van der Waals surface area contributed by atoms with Crippen LogP contribution in [0.5, 0.6) is 0 Å². The number of carboxylic acids is 1. The Hall–Kier alpha value is -0.700. The molecule has 0 saturated heterocycles. The van der Waals surface area contributed by atoms with Crippen LogP contribution in [0.25, 0.3) is 0 Å². The average molecular weight is 240 g/mol. The van der Waals surface area contributed by atoms with Crippen molar-refractivity contribution in [1.82, 2.24) is 9.44 Å². The first-order valence-corrected chi connectivity index (χ1v) is 5.83. The van der Waals surface area contributed by atoms with E-state index in [4.69, 9.17) is 5.11 Å². The fraction of sp³-hybridized carbons (Fsp3) is 0.857. The van der Waals surface area contributed by atoms with Crippen molar-refractivity contribution in [3.63, 3.8) is 0 Å². The second-order valence-corrected chi connectivity index (χ2v) is 4.54. The Morgan fingerprint density at radius 1 is 1.53 bits per heavy atom. The van der Waals surface area contributed by atoms with Gasteiger partial charge >= 0.3 is 5.97 Å². The molecule has 1 atom stereocenters. The quantitative estimate of drug-likeness (QED) is 0.468. The first-order chi connectivity index (χ1) is 6.87. The summed E-state index contributed by atoms with van der Waals surface area (Å²) < 4.78 is 31.5. The maximum Gasteiger partial charge on any atom is 0.304 e. The minimum atomic E-state index is -3.64. The van der Waals surface area contributed by atoms with Crippen molar-refractivity contribution in [2.24, 2.45) is 0 Å². The van der Waals surface area contributed by atoms with Crippen LogP contribution in [0, 0.1) is 0 Å². The maximum absolute atomic E-state index is 11.2. The van der Waals surface area contributed by atoms with Gasteiger partial charge in [0.25, 0.3) is 10.2 Å². The summed E-state index contributed by atoms with van der Waals surface area (Å²) in [5, 5.41) is 8.42. The van der Waals surface area contributed by atoms with Crippen LogP contribution in [0.1, 0.15) is 13.3 Å². The standard InChI is InChI=1S/C7H16N2O5S/c1-6(5-7(10)11)9-15(12,13)8-3-4-14-2/h6,8-9H,3-5H2,1-2H3,(H,10,11). The van der Waals surface area contributed by atoms with E-state index in [1.165, 1.54) is 14.0 Å². The number of nitrogens with one attached hydrogen (secondary N) is 2. The lowest BCUT2D eigenvalue weighted by Gasteiger charge is -2.12. The second kappa shape index (κ2) is 6.72. The molecule has 90 valence electrons. The minimum absolute atomic E-state index is 0.144. The zero-order chi connectivity index (χ0) is 11.9. The van der Waals surface area contributed by atoms with Gasteiger partial charge in [-0.3, -0.25) is 4.79 Å². The molecule has 0 aliphatic rings. The first-order valence-electron chi connectivity index (χ1n) is 4.35. The molecule has 0 heterocycles. The number of rotatable bonds is 8. The van der Waals surface area contributed by atoms with Crippen LogP contribution in [0.2, 0.25) is 0 Å². The van der Waals surface area contributed by atoms with Gasteiger partial charge in [-0.2, -0.15) is 17.9 Å². The highest BCUT2D eigenvalue weighted by molar-refractivity contribution is 7.87. The highest BCUT2D eigenvalue weighted by Gasteiger charge is 2.15. The second-order valence-electron chi connectivity index (χ2n) is 3.01. The van der Waals surface area contributed by atoms with E-state index in [2.05, 4.69) is 14.2 Å². The predicted molar refractivity (Wildman–Crippen MR) is 53.6 cm³/mol. The SMILES string of the molecule is COCCNS(=O)(=O)NC(C)CC(=O)O. The van der Waals surface area contributed by atoms with Crippen molar-refractivity contribution in [2.45, 2.75) is 19.4 Å². The molecule has 0 aliphatic heterocycles. The molecule has 1 unspecified atom stereocenters. The molecule has 0 aromatic rings. The molecule has 0 aromatic heterocycles. The Bertz CT molecular complexity index is 290. The zero-order valence-electron chi connectivity index (χ0n) is 8.69. The third-order valence-electron chi connectivity index (χ3n) is 1.44. The van der Waals surface area contributed by atoms with E-state index in [0.29, 0.717) is 0 Å². The van der Waals surface area contributed by atoms with Gasteiger partial charge in [0, 0.05) is 19.7 Å². The monoisotopic (exact) mass is 240 g/mol. The number of hydrogen-bond donors (Lipinski definition) is 3. The molecule has 0 saturated carbocycles. The molecule has 3 N–H and O–H groups in total. The smallest absolute Gasteiger partial charge is 0.304 e. The summed E-state index contributed by atoms with van der Waals surface area (Å²) in [4.78, 5) is 10.3. The Morgan fingerprint density at radius 3 is 2.60 bits per heavy atom. The lowest BCUT2D eigenvalue weighted by atomic mass is 10.3. The third-order valence-corrected chi connectivity index (χ3v) is 2.73. The van der Waals surface area contributed by atoms with Crippen LogP contribution in [0.3, 0.4) is 0 Å². The third kappa shape index (κ3) is 8.30. The fourth-order valence-electron chi connectivity index (χ4n) is 0.888. The van der Waals surface area contributed by atoms with E-state index in [0.717, 1.165) is 0 Å². The van der Waals surface area contributed by atoms with E-state index >= 15 is 0 Å². The summed E-state index contributed by atoms with van der Waals surface area (Å²) in [5.41, 5.74) is 0. The van der Waals surface area contributed by atoms with Gasteiger partial charge in [-0.05, 0) is 6.92 Å². The summed E-state index contributed by atoms with van der Waals surface area (Å²) in [6.45, 7) is 1.88. The predicted octanol–water partition coefficient (Wildman–Crippen LogP) is -1.08. The summed E-state index contributed by atoms with van der Waals surface area (Å²) >= 11 is 0. The largest absolute Gasteiger partial charge is 0.481 e. The van der Waals surface area contributed by atoms with Crippen molar-refractivity contribution in [1.29, 1.82) is 0 Å². The number of aliphatic carboxylic acids is 1. The van der Waals surface area contributed by atoms with Crippen LogP contribution >= 0.6 is 0 Å². The van der Waals surface area contributed by atoms with Crippen molar-refractivity contribution in [2.75, 3.05) is 20.3 Å². The van der Waals surface area contributed by atoms with E-state index in [9.17, 15) is 13.2 Å². The molecule has 0 fully saturated rings. The van der Waals surface area contributed by atoms with Crippen LogP contribution in [-0.4, -0.2) is 45.8 Å². The molecule has 0 aromatic carbocycles. The van der Waals surface area contributed by atoms with Gasteiger partial charge in [-0.25, -0.2) is 0 Å². The number of carbonyl (C=O) groups is 1. The Balaban J connectivity index is 3.97. The van der Waals surface area contributed by atoms with Gasteiger partial charge in [0.2, 0.25) is 0 Å². The molecule has 0 aliphatic carbocycles. The number of methoxy groups -OCH3 is 1. The van der Waals surface area contributed by atoms with Crippen molar-refractivity contribution in [3.8, 4) is 0 Å². The summed E-state index contributed by atoms with van der Waals surface area (Å²) in [6, 6.07) is -0.650. The van der Waals surface area contributed by atoms with Gasteiger partial charge in [0.15, 0.2) is 0 Å². The normalized spacial score (nSPS) is 13.7. The molecule has 15 heavy (non-hydrogen) atoms. The Labute approximate surface area is 89.0 Å². The lowest BCUT2D eigenvalue weighted by molar-refractivity contribution is -0.137. The first kappa shape index (κ1) is 14.3. The van der Waals surface area contributed by atoms with E-state index in [1.54, 1.807) is 0 Å². The minimum Gasteiger partial charge on any atom is -0.481 e. The van der Waals surface area contributed by atoms with Crippen LogP contribution in [0.15, 0.2) is 0 Å². The van der Waals surface area contributed by atoms with E-state index < -0.39 is 22.2 Å². The summed E-state index contributed by atoms with van der Waals surface area (Å²) in [5.74, 6) is -1.05. The van der Waals surface area contributed by atoms with Gasteiger partial charge in [-0.1, -0.05) is 0 Å². The Kier molecular flexibility index (Phi) is 6.41. The van der Waals surface area contributed by atoms with Gasteiger partial charge < -0.3 is 9.84 Å². The van der Waals surface area contributed by atoms with Crippen molar-refractivity contribution in [3.05, 3.63) is 0 Å². The van der Waals surface area contributed by atoms with Crippen LogP contribution in [0.4, 0.5) is 0 Å². The van der Waals surface area contributed by atoms with Gasteiger partial charge in [0.05, 0.1) is 13.0 Å². The maximum atomic E-state index is 11.2. The Morgan fingerprint density at radius 2 is 2.13 bits per heavy atom. The molecular weight excluding hydrogens is 224 g/mol. The highest BCUT2D eigenvalue weighted by atomic mass is 32.2. The molecule has 0 bridgehead atoms. The fourth-order valence-corrected chi connectivity index (χ4v) is 1.94. The van der Waals surface area contributed by atoms with Crippen molar-refractivity contribution < 1.29 is 23.1 Å². The van der Waals surface area contributed by atoms with Gasteiger partial charge in [-0.15, -0.1) is 0 Å². The zero-order valence-corrected chi connectivity index (χ0v) is 9.50. The molecular formula is C7H16N2O5S. The topological polar surface area (TPSA) is 105 Å². The average Bonchev–Trinajstić information content (AvgIpc) is 2.00. The van der Waals surface area contributed by atoms with E-state index in [-0.39, 0.29) is 19.6 Å². The molecule has 0 spiro atoms. The number of carboxylic acid groups (broad SMARTS) is 1. The number of hydrogen-bond acceptors (Lipinski definition) is 4. The molecule has 0 radical (unpaired) electrons. The summed E-state index contributed by atoms with van der Waals surface area (Å²) in [6.07, 6.45) is -0.259. The highest BCUT2D eigenvalue weighted by Crippen LogP contribution is 1.92. The number of ether oxygens (including phenoxy) is 1. The molecule has 7 nitrogen and oxygen atoms in total. The van der Waals surface area contributed by atoms with Gasteiger partial charge in [0.1, 0.15) is 0 Å².